The first-order valence-corrected chi connectivity index (χ1v) is 9.45. The lowest BCUT2D eigenvalue weighted by atomic mass is 9.98. The van der Waals surface area contributed by atoms with Gasteiger partial charge in [-0.05, 0) is 48.4 Å². The number of anilines is 2. The van der Waals surface area contributed by atoms with Gasteiger partial charge in [0.1, 0.15) is 5.82 Å². The van der Waals surface area contributed by atoms with E-state index in [9.17, 15) is 9.18 Å². The maximum absolute atomic E-state index is 13.8. The molecule has 0 spiro atoms. The Bertz CT molecular complexity index is 1130. The smallest absolute Gasteiger partial charge is 0.340 e. The number of halogens is 2. The van der Waals surface area contributed by atoms with Gasteiger partial charge in [-0.3, -0.25) is 4.98 Å². The molecule has 2 aromatic carbocycles. The highest BCUT2D eigenvalue weighted by atomic mass is 35.5. The van der Waals surface area contributed by atoms with Crippen LogP contribution in [0, 0.1) is 5.82 Å². The Labute approximate surface area is 172 Å². The number of benzene rings is 2. The number of fused-ring (bicyclic) bond motifs is 1. The number of hydrogen-bond acceptors (Lipinski definition) is 5. The van der Waals surface area contributed by atoms with E-state index in [0.717, 1.165) is 40.2 Å². The lowest BCUT2D eigenvalue weighted by Gasteiger charge is -2.20. The number of methoxy groups -OCH3 is 1. The third-order valence-electron chi connectivity index (χ3n) is 4.79. The summed E-state index contributed by atoms with van der Waals surface area (Å²) in [5, 5.41) is 4.66. The van der Waals surface area contributed by atoms with E-state index in [1.54, 1.807) is 12.3 Å². The van der Waals surface area contributed by atoms with Crippen LogP contribution in [0.25, 0.3) is 16.5 Å². The number of rotatable bonds is 4. The topological polar surface area (TPSA) is 60.5 Å². The molecule has 4 rings (SSSR count). The number of pyridine rings is 1. The normalized spacial score (nSPS) is 13.8. The van der Waals surface area contributed by atoms with Gasteiger partial charge in [-0.25, -0.2) is 9.18 Å². The van der Waals surface area contributed by atoms with Crippen molar-refractivity contribution >= 4 is 45.4 Å². The number of hydrogen-bond donors (Lipinski definition) is 1. The Morgan fingerprint density at radius 3 is 2.90 bits per heavy atom. The molecule has 7 heteroatoms. The van der Waals surface area contributed by atoms with Crippen LogP contribution in [-0.4, -0.2) is 31.3 Å². The van der Waals surface area contributed by atoms with E-state index in [4.69, 9.17) is 21.1 Å². The van der Waals surface area contributed by atoms with Crippen molar-refractivity contribution in [1.29, 1.82) is 0 Å². The Morgan fingerprint density at radius 2 is 2.14 bits per heavy atom. The van der Waals surface area contributed by atoms with Gasteiger partial charge in [-0.2, -0.15) is 0 Å². The first-order chi connectivity index (χ1) is 14.1. The molecular weight excluding hydrogens is 395 g/mol. The molecule has 1 aliphatic rings. The summed E-state index contributed by atoms with van der Waals surface area (Å²) in [5.41, 5.74) is 3.97. The highest BCUT2D eigenvalue weighted by molar-refractivity contribution is 6.31. The number of nitrogens with one attached hydrogen (secondary N) is 1. The predicted molar refractivity (Wildman–Crippen MR) is 111 cm³/mol. The molecule has 0 aliphatic carbocycles. The highest BCUT2D eigenvalue weighted by Gasteiger charge is 2.19. The standard InChI is InChI=1S/C22H18ClFN2O3/c1-28-22(27)17-11-15(24)3-5-20(17)26-21-16-10-14(23)2-4-19(16)25-12-18(21)13-6-8-29-9-7-13/h2-6,10-12H,7-9H2,1H3,(H,25,26). The predicted octanol–water partition coefficient (Wildman–Crippen LogP) is 5.36. The second-order valence-corrected chi connectivity index (χ2v) is 7.01. The van der Waals surface area contributed by atoms with E-state index in [-0.39, 0.29) is 5.56 Å². The zero-order chi connectivity index (χ0) is 20.4. The maximum atomic E-state index is 13.8. The van der Waals surface area contributed by atoms with Gasteiger partial charge in [0.2, 0.25) is 0 Å². The summed E-state index contributed by atoms with van der Waals surface area (Å²) in [4.78, 5) is 16.7. The van der Waals surface area contributed by atoms with E-state index >= 15 is 0 Å². The van der Waals surface area contributed by atoms with Crippen molar-refractivity contribution in [2.75, 3.05) is 25.6 Å². The van der Waals surface area contributed by atoms with E-state index in [2.05, 4.69) is 10.3 Å². The molecule has 0 unspecified atom stereocenters. The lowest BCUT2D eigenvalue weighted by Crippen LogP contribution is -2.09. The van der Waals surface area contributed by atoms with Crippen LogP contribution in [0.5, 0.6) is 0 Å². The van der Waals surface area contributed by atoms with Crippen molar-refractivity contribution in [3.8, 4) is 0 Å². The molecular formula is C22H18ClFN2O3. The summed E-state index contributed by atoms with van der Waals surface area (Å²) in [5.74, 6) is -1.15. The van der Waals surface area contributed by atoms with Crippen LogP contribution in [0.15, 0.2) is 48.7 Å². The van der Waals surface area contributed by atoms with Crippen molar-refractivity contribution < 1.29 is 18.7 Å². The fraction of sp³-hybridized carbons (Fsp3) is 0.182. The largest absolute Gasteiger partial charge is 0.465 e. The minimum atomic E-state index is -0.629. The molecule has 0 saturated heterocycles. The van der Waals surface area contributed by atoms with Crippen LogP contribution in [0.2, 0.25) is 5.02 Å². The Hall–Kier alpha value is -2.96. The van der Waals surface area contributed by atoms with Gasteiger partial charge < -0.3 is 14.8 Å². The quantitative estimate of drug-likeness (QED) is 0.584. The van der Waals surface area contributed by atoms with Gasteiger partial charge in [0.05, 0.1) is 42.8 Å². The Kier molecular flexibility index (Phi) is 5.47. The second kappa shape index (κ2) is 8.19. The number of carbonyl (C=O) groups is 1. The molecule has 29 heavy (non-hydrogen) atoms. The molecule has 1 aliphatic heterocycles. The molecule has 0 radical (unpaired) electrons. The van der Waals surface area contributed by atoms with E-state index < -0.39 is 11.8 Å². The first kappa shape index (κ1) is 19.4. The number of esters is 1. The van der Waals surface area contributed by atoms with E-state index in [1.807, 2.05) is 18.2 Å². The van der Waals surface area contributed by atoms with Crippen molar-refractivity contribution in [3.05, 3.63) is 70.6 Å². The van der Waals surface area contributed by atoms with Crippen LogP contribution >= 0.6 is 11.6 Å². The summed E-state index contributed by atoms with van der Waals surface area (Å²) >= 11 is 6.24. The second-order valence-electron chi connectivity index (χ2n) is 6.57. The van der Waals surface area contributed by atoms with E-state index in [0.29, 0.717) is 23.9 Å². The molecule has 1 N–H and O–H groups in total. The average molecular weight is 413 g/mol. The SMILES string of the molecule is COC(=O)c1cc(F)ccc1Nc1c(C2=CCOCC2)cnc2ccc(Cl)cc12. The molecule has 0 atom stereocenters. The van der Waals surface area contributed by atoms with Crippen LogP contribution in [0.4, 0.5) is 15.8 Å². The van der Waals surface area contributed by atoms with Gasteiger partial charge in [-0.1, -0.05) is 17.7 Å². The molecule has 2 heterocycles. The van der Waals surface area contributed by atoms with Gasteiger partial charge in [0.15, 0.2) is 0 Å². The molecule has 5 nitrogen and oxygen atoms in total. The molecule has 3 aromatic rings. The first-order valence-electron chi connectivity index (χ1n) is 9.07. The summed E-state index contributed by atoms with van der Waals surface area (Å²) in [6.07, 6.45) is 4.53. The zero-order valence-corrected chi connectivity index (χ0v) is 16.4. The van der Waals surface area contributed by atoms with Crippen molar-refractivity contribution in [1.82, 2.24) is 4.98 Å². The molecule has 0 amide bonds. The minimum Gasteiger partial charge on any atom is -0.465 e. The minimum absolute atomic E-state index is 0.103. The molecule has 0 bridgehead atoms. The Morgan fingerprint density at radius 1 is 1.28 bits per heavy atom. The van der Waals surface area contributed by atoms with Crippen LogP contribution < -0.4 is 5.32 Å². The van der Waals surface area contributed by atoms with Gasteiger partial charge in [0.25, 0.3) is 0 Å². The van der Waals surface area contributed by atoms with Gasteiger partial charge in [-0.15, -0.1) is 0 Å². The van der Waals surface area contributed by atoms with Crippen molar-refractivity contribution in [3.63, 3.8) is 0 Å². The van der Waals surface area contributed by atoms with Crippen LogP contribution in [-0.2, 0) is 9.47 Å². The summed E-state index contributed by atoms with van der Waals surface area (Å²) in [6, 6.07) is 9.37. The highest BCUT2D eigenvalue weighted by Crippen LogP contribution is 2.37. The summed E-state index contributed by atoms with van der Waals surface area (Å²) < 4.78 is 24.0. The third-order valence-corrected chi connectivity index (χ3v) is 5.02. The van der Waals surface area contributed by atoms with Crippen molar-refractivity contribution in [2.24, 2.45) is 0 Å². The Balaban J connectivity index is 1.91. The van der Waals surface area contributed by atoms with Gasteiger partial charge >= 0.3 is 5.97 Å². The van der Waals surface area contributed by atoms with Gasteiger partial charge in [0, 0.05) is 22.2 Å². The number of carbonyl (C=O) groups excluding carboxylic acids is 1. The lowest BCUT2D eigenvalue weighted by molar-refractivity contribution is 0.0601. The van der Waals surface area contributed by atoms with E-state index in [1.165, 1.54) is 19.2 Å². The molecule has 148 valence electrons. The molecule has 0 fully saturated rings. The van der Waals surface area contributed by atoms with Crippen molar-refractivity contribution in [2.45, 2.75) is 6.42 Å². The van der Waals surface area contributed by atoms with Crippen LogP contribution in [0.1, 0.15) is 22.3 Å². The molecule has 0 saturated carbocycles. The fourth-order valence-electron chi connectivity index (χ4n) is 3.35. The molecule has 1 aromatic heterocycles. The monoisotopic (exact) mass is 412 g/mol. The summed E-state index contributed by atoms with van der Waals surface area (Å²) in [7, 11) is 1.26. The number of aromatic nitrogens is 1. The average Bonchev–Trinajstić information content (AvgIpc) is 2.75. The number of ether oxygens (including phenoxy) is 2. The summed E-state index contributed by atoms with van der Waals surface area (Å²) in [6.45, 7) is 1.13. The maximum Gasteiger partial charge on any atom is 0.340 e. The van der Waals surface area contributed by atoms with Crippen LogP contribution in [0.3, 0.4) is 0 Å². The third kappa shape index (κ3) is 3.95. The number of nitrogens with zero attached hydrogens (tertiary/aromatic N) is 1. The fourth-order valence-corrected chi connectivity index (χ4v) is 3.53. The zero-order valence-electron chi connectivity index (χ0n) is 15.7.